The number of hydrogen-bond acceptors (Lipinski definition) is 7. The highest BCUT2D eigenvalue weighted by molar-refractivity contribution is 8.14. The van der Waals surface area contributed by atoms with Gasteiger partial charge in [-0.2, -0.15) is 0 Å². The van der Waals surface area contributed by atoms with Crippen molar-refractivity contribution in [1.82, 2.24) is 10.6 Å². The van der Waals surface area contributed by atoms with Crippen LogP contribution in [0.5, 0.6) is 0 Å². The molecule has 2 aromatic carbocycles. The van der Waals surface area contributed by atoms with Gasteiger partial charge in [0.05, 0.1) is 23.7 Å². The molecule has 2 aliphatic heterocycles. The molecule has 0 saturated carbocycles. The number of thioether (sulfide) groups is 1. The van der Waals surface area contributed by atoms with Crippen LogP contribution in [0.4, 0.5) is 10.1 Å². The molecular formula is C25H31FN4O3S. The molecule has 1 saturated heterocycles. The number of carbonyl (C=O) groups is 1. The van der Waals surface area contributed by atoms with Crippen LogP contribution in [0.1, 0.15) is 26.3 Å². The van der Waals surface area contributed by atoms with E-state index in [0.717, 1.165) is 29.3 Å². The molecule has 4 atom stereocenters. The van der Waals surface area contributed by atoms with E-state index in [1.165, 1.54) is 13.0 Å². The number of aliphatic hydroxyl groups is 1. The number of amides is 1. The Morgan fingerprint density at radius 2 is 2.03 bits per heavy atom. The van der Waals surface area contributed by atoms with Gasteiger partial charge < -0.3 is 25.4 Å². The highest BCUT2D eigenvalue weighted by atomic mass is 32.2. The third-order valence-corrected chi connectivity index (χ3v) is 7.34. The molecular weight excluding hydrogens is 455 g/mol. The molecule has 4 rings (SSSR count). The summed E-state index contributed by atoms with van der Waals surface area (Å²) in [6.45, 7) is 7.90. The van der Waals surface area contributed by atoms with Crippen molar-refractivity contribution >= 4 is 28.4 Å². The molecule has 182 valence electrons. The lowest BCUT2D eigenvalue weighted by molar-refractivity contribution is -0.121. The van der Waals surface area contributed by atoms with Crippen LogP contribution in [0.3, 0.4) is 0 Å². The Morgan fingerprint density at radius 1 is 1.26 bits per heavy atom. The van der Waals surface area contributed by atoms with E-state index >= 15 is 0 Å². The van der Waals surface area contributed by atoms with Gasteiger partial charge in [-0.1, -0.05) is 24.3 Å². The number of nitrogens with one attached hydrogen (secondary N) is 2. The lowest BCUT2D eigenvalue weighted by atomic mass is 10.0. The number of hydrogen-bond donors (Lipinski definition) is 3. The Labute approximate surface area is 203 Å². The fraction of sp³-hybridized carbons (Fsp3) is 0.440. The van der Waals surface area contributed by atoms with Crippen LogP contribution < -0.4 is 15.5 Å². The average molecular weight is 487 g/mol. The lowest BCUT2D eigenvalue weighted by Crippen LogP contribution is -2.33. The van der Waals surface area contributed by atoms with Crippen LogP contribution in [0.2, 0.25) is 0 Å². The summed E-state index contributed by atoms with van der Waals surface area (Å²) in [6, 6.07) is 13.1. The second kappa shape index (κ2) is 10.9. The van der Waals surface area contributed by atoms with Gasteiger partial charge >= 0.3 is 0 Å². The third-order valence-electron chi connectivity index (χ3n) is 6.03. The Hall–Kier alpha value is -2.46. The van der Waals surface area contributed by atoms with E-state index in [1.807, 2.05) is 36.0 Å². The first kappa shape index (κ1) is 24.7. The topological polar surface area (TPSA) is 86.2 Å². The quantitative estimate of drug-likeness (QED) is 0.532. The van der Waals surface area contributed by atoms with Crippen molar-refractivity contribution in [2.24, 2.45) is 4.99 Å². The molecule has 3 N–H and O–H groups in total. The van der Waals surface area contributed by atoms with Crippen molar-refractivity contribution in [3.63, 3.8) is 0 Å². The van der Waals surface area contributed by atoms with Crippen LogP contribution in [0, 0.1) is 5.82 Å². The van der Waals surface area contributed by atoms with Gasteiger partial charge in [0.15, 0.2) is 0 Å². The summed E-state index contributed by atoms with van der Waals surface area (Å²) in [5, 5.41) is 18.0. The van der Waals surface area contributed by atoms with E-state index in [2.05, 4.69) is 29.5 Å². The number of carbonyl (C=O) groups excluding carboxylic acids is 1. The molecule has 3 unspecified atom stereocenters. The molecule has 34 heavy (non-hydrogen) atoms. The fourth-order valence-corrected chi connectivity index (χ4v) is 5.33. The zero-order valence-electron chi connectivity index (χ0n) is 19.6. The zero-order valence-corrected chi connectivity index (χ0v) is 20.4. The first-order chi connectivity index (χ1) is 16.3. The lowest BCUT2D eigenvalue weighted by Gasteiger charge is -2.21. The number of aliphatic hydroxyl groups excluding tert-OH is 1. The van der Waals surface area contributed by atoms with Crippen LogP contribution in [0.25, 0.3) is 11.1 Å². The second-order valence-electron chi connectivity index (χ2n) is 8.71. The minimum absolute atomic E-state index is 0.166. The molecule has 9 heteroatoms. The number of rotatable bonds is 8. The van der Waals surface area contributed by atoms with Crippen molar-refractivity contribution in [1.29, 1.82) is 0 Å². The monoisotopic (exact) mass is 486 g/mol. The molecule has 0 aliphatic carbocycles. The van der Waals surface area contributed by atoms with E-state index in [4.69, 9.17) is 4.74 Å². The maximum atomic E-state index is 15.0. The van der Waals surface area contributed by atoms with E-state index < -0.39 is 6.41 Å². The van der Waals surface area contributed by atoms with Crippen molar-refractivity contribution in [2.45, 2.75) is 51.1 Å². The van der Waals surface area contributed by atoms with Crippen molar-refractivity contribution in [3.05, 3.63) is 53.8 Å². The molecule has 7 nitrogen and oxygen atoms in total. The highest BCUT2D eigenvalue weighted by Gasteiger charge is 2.32. The molecule has 0 spiro atoms. The number of ether oxygens (including phenoxy) is 1. The summed E-state index contributed by atoms with van der Waals surface area (Å²) in [7, 11) is 0. The number of nitrogens with zero attached hydrogens (tertiary/aromatic N) is 2. The summed E-state index contributed by atoms with van der Waals surface area (Å²) in [4.78, 5) is 17.2. The van der Waals surface area contributed by atoms with Crippen LogP contribution in [-0.2, 0) is 16.1 Å². The zero-order chi connectivity index (χ0) is 24.2. The number of anilines is 1. The van der Waals surface area contributed by atoms with E-state index in [1.54, 1.807) is 17.0 Å². The second-order valence-corrected chi connectivity index (χ2v) is 10.1. The summed E-state index contributed by atoms with van der Waals surface area (Å²) < 4.78 is 20.4. The Bertz CT molecular complexity index is 1050. The minimum Gasteiger partial charge on any atom is -0.354 e. The SMILES string of the molecule is CC(=O)NC[C@H]1CN(c2ccc(-c3ccc(CNCC4SC(C)=NC4C)cc3)c(F)c2)C(O)O1. The van der Waals surface area contributed by atoms with Crippen LogP contribution >= 0.6 is 11.8 Å². The van der Waals surface area contributed by atoms with Crippen molar-refractivity contribution in [2.75, 3.05) is 24.5 Å². The van der Waals surface area contributed by atoms with Gasteiger partial charge in [-0.05, 0) is 43.2 Å². The predicted molar refractivity (Wildman–Crippen MR) is 134 cm³/mol. The van der Waals surface area contributed by atoms with Gasteiger partial charge in [0, 0.05) is 43.1 Å². The van der Waals surface area contributed by atoms with Gasteiger partial charge in [-0.15, -0.1) is 11.8 Å². The van der Waals surface area contributed by atoms with E-state index in [0.29, 0.717) is 29.1 Å². The normalized spacial score (nSPS) is 24.4. The summed E-state index contributed by atoms with van der Waals surface area (Å²) in [5.74, 6) is -0.538. The largest absolute Gasteiger partial charge is 0.354 e. The van der Waals surface area contributed by atoms with Gasteiger partial charge in [0.25, 0.3) is 0 Å². The Balaban J connectivity index is 1.34. The molecule has 0 radical (unpaired) electrons. The molecule has 2 aliphatic rings. The van der Waals surface area contributed by atoms with Gasteiger partial charge in [-0.25, -0.2) is 4.39 Å². The predicted octanol–water partition coefficient (Wildman–Crippen LogP) is 3.12. The highest BCUT2D eigenvalue weighted by Crippen LogP contribution is 2.30. The Kier molecular flexibility index (Phi) is 7.88. The smallest absolute Gasteiger partial charge is 0.238 e. The van der Waals surface area contributed by atoms with Crippen molar-refractivity contribution < 1.29 is 19.0 Å². The number of halogens is 1. The average Bonchev–Trinajstić information content (AvgIpc) is 3.33. The number of aliphatic imine (C=N–C) groups is 1. The standard InChI is InChI=1S/C25H31FN4O3S/c1-15-24(34-17(3)29-15)13-27-11-18-4-6-19(7-5-18)22-9-8-20(10-23(22)26)30-14-21(33-25(30)32)12-28-16(2)31/h4-10,15,21,24-25,27,32H,11-14H2,1-3H3,(H,28,31)/t15?,21-,24?,25?/m0/s1. The number of benzene rings is 2. The maximum absolute atomic E-state index is 15.0. The summed E-state index contributed by atoms with van der Waals surface area (Å²) in [5.41, 5.74) is 2.95. The minimum atomic E-state index is -1.18. The molecule has 0 bridgehead atoms. The molecule has 0 aromatic heterocycles. The Morgan fingerprint density at radius 3 is 2.68 bits per heavy atom. The first-order valence-corrected chi connectivity index (χ1v) is 12.3. The van der Waals surface area contributed by atoms with Crippen LogP contribution in [0.15, 0.2) is 47.5 Å². The third kappa shape index (κ3) is 5.96. The van der Waals surface area contributed by atoms with E-state index in [-0.39, 0.29) is 24.4 Å². The fourth-order valence-electron chi connectivity index (χ4n) is 4.21. The molecule has 2 aromatic rings. The van der Waals surface area contributed by atoms with Crippen molar-refractivity contribution in [3.8, 4) is 11.1 Å². The molecule has 1 amide bonds. The summed E-state index contributed by atoms with van der Waals surface area (Å²) >= 11 is 1.83. The molecule has 2 heterocycles. The van der Waals surface area contributed by atoms with Crippen LogP contribution in [-0.4, -0.2) is 59.5 Å². The maximum Gasteiger partial charge on any atom is 0.238 e. The van der Waals surface area contributed by atoms with E-state index in [9.17, 15) is 14.3 Å². The summed E-state index contributed by atoms with van der Waals surface area (Å²) in [6.07, 6.45) is -1.55. The molecule has 1 fully saturated rings. The first-order valence-electron chi connectivity index (χ1n) is 11.5. The van der Waals surface area contributed by atoms with Gasteiger partial charge in [0.2, 0.25) is 12.3 Å². The van der Waals surface area contributed by atoms with Gasteiger partial charge in [-0.3, -0.25) is 9.79 Å². The van der Waals surface area contributed by atoms with Gasteiger partial charge in [0.1, 0.15) is 5.82 Å².